The summed E-state index contributed by atoms with van der Waals surface area (Å²) in [6.45, 7) is 2.07. The number of aliphatic hydroxyl groups excluding tert-OH is 1. The molecule has 5 atom stereocenters. The Morgan fingerprint density at radius 2 is 2.00 bits per heavy atom. The monoisotopic (exact) mass is 262 g/mol. The highest BCUT2D eigenvalue weighted by Gasteiger charge is 2.45. The van der Waals surface area contributed by atoms with Gasteiger partial charge < -0.3 is 19.3 Å². The summed E-state index contributed by atoms with van der Waals surface area (Å²) in [6, 6.07) is -0.684. The highest BCUT2D eigenvalue weighted by atomic mass is 19.1. The van der Waals surface area contributed by atoms with Crippen molar-refractivity contribution in [1.82, 2.24) is 0 Å². The van der Waals surface area contributed by atoms with Gasteiger partial charge in [0, 0.05) is 13.8 Å². The van der Waals surface area contributed by atoms with E-state index in [9.17, 15) is 19.1 Å². The second kappa shape index (κ2) is 6.15. The van der Waals surface area contributed by atoms with E-state index in [-0.39, 0.29) is 6.61 Å². The molecule has 5 unspecified atom stereocenters. The van der Waals surface area contributed by atoms with Crippen LogP contribution in [0.1, 0.15) is 13.8 Å². The molecule has 8 heteroatoms. The van der Waals surface area contributed by atoms with Gasteiger partial charge in [-0.25, -0.2) is 4.39 Å². The van der Waals surface area contributed by atoms with Gasteiger partial charge in [-0.2, -0.15) is 0 Å². The van der Waals surface area contributed by atoms with Gasteiger partial charge in [0.15, 0.2) is 6.17 Å². The van der Waals surface area contributed by atoms with Crippen LogP contribution in [0.25, 0.3) is 0 Å². The lowest BCUT2D eigenvalue weighted by Gasteiger charge is -2.39. The molecule has 0 bridgehead atoms. The number of hydrogen-bond donors (Lipinski definition) is 1. The number of esters is 2. The van der Waals surface area contributed by atoms with Crippen LogP contribution >= 0.6 is 0 Å². The summed E-state index contributed by atoms with van der Waals surface area (Å²) in [5, 5.41) is 9.72. The van der Waals surface area contributed by atoms with Gasteiger partial charge in [-0.3, -0.25) is 9.59 Å². The van der Waals surface area contributed by atoms with Crippen molar-refractivity contribution in [2.24, 2.45) is 0 Å². The lowest BCUT2D eigenvalue weighted by Crippen LogP contribution is -2.58. The molecule has 0 spiro atoms. The Balaban J connectivity index is 2.64. The van der Waals surface area contributed by atoms with Crippen molar-refractivity contribution in [2.45, 2.75) is 44.3 Å². The number of carbonyl (C=O) groups excluding carboxylic acids is 2. The Morgan fingerprint density at radius 1 is 1.39 bits per heavy atom. The first kappa shape index (κ1) is 14.9. The zero-order chi connectivity index (χ0) is 13.9. The van der Waals surface area contributed by atoms with Crippen LogP contribution in [0, 0.1) is 0 Å². The fourth-order valence-corrected chi connectivity index (χ4v) is 1.79. The Kier molecular flexibility index (Phi) is 5.09. The van der Waals surface area contributed by atoms with E-state index in [4.69, 9.17) is 9.47 Å². The molecule has 0 saturated carbocycles. The predicted molar refractivity (Wildman–Crippen MR) is 60.3 cm³/mol. The number of rotatable bonds is 3. The van der Waals surface area contributed by atoms with Gasteiger partial charge in [-0.1, -0.05) is 0 Å². The molecule has 0 aliphatic carbocycles. The SMILES string of the molecule is BC1OC(COC(C)=O)C(F)C(O)C1OC(C)=O. The molecule has 1 aliphatic heterocycles. The number of carbonyl (C=O) groups is 2. The Morgan fingerprint density at radius 3 is 2.50 bits per heavy atom. The Bertz CT molecular complexity index is 323. The molecule has 1 N–H and O–H groups in total. The van der Waals surface area contributed by atoms with Crippen molar-refractivity contribution < 1.29 is 33.3 Å². The van der Waals surface area contributed by atoms with E-state index in [1.165, 1.54) is 6.92 Å². The maximum Gasteiger partial charge on any atom is 0.303 e. The normalized spacial score (nSPS) is 35.9. The molecule has 0 aromatic rings. The molecule has 1 aliphatic rings. The van der Waals surface area contributed by atoms with Crippen LogP contribution < -0.4 is 0 Å². The largest absolute Gasteiger partial charge is 0.463 e. The van der Waals surface area contributed by atoms with E-state index in [2.05, 4.69) is 4.74 Å². The molecule has 1 heterocycles. The van der Waals surface area contributed by atoms with Crippen molar-refractivity contribution in [3.8, 4) is 0 Å². The second-order valence-electron chi connectivity index (χ2n) is 4.19. The average molecular weight is 262 g/mol. The smallest absolute Gasteiger partial charge is 0.303 e. The topological polar surface area (TPSA) is 82.1 Å². The first-order valence-electron chi connectivity index (χ1n) is 5.61. The Hall–Kier alpha value is -1.15. The third-order valence-corrected chi connectivity index (χ3v) is 2.62. The molecule has 0 aromatic carbocycles. The molecule has 6 nitrogen and oxygen atoms in total. The number of halogens is 1. The number of hydrogen-bond acceptors (Lipinski definition) is 6. The number of aliphatic hydroxyl groups is 1. The van der Waals surface area contributed by atoms with Gasteiger partial charge in [0.05, 0.1) is 6.00 Å². The molecular weight excluding hydrogens is 246 g/mol. The molecule has 0 amide bonds. The van der Waals surface area contributed by atoms with Crippen LogP contribution in [0.3, 0.4) is 0 Å². The van der Waals surface area contributed by atoms with Crippen LogP contribution in [-0.2, 0) is 23.8 Å². The first-order chi connectivity index (χ1) is 8.32. The Labute approximate surface area is 105 Å². The van der Waals surface area contributed by atoms with E-state index in [0.717, 1.165) is 6.92 Å². The standard InChI is InChI=1S/C10H16BFO6/c1-4(13)16-3-6-7(12)8(15)9(10(11)18-6)17-5(2)14/h6-10,15H,3,11H2,1-2H3. The first-order valence-corrected chi connectivity index (χ1v) is 5.61. The van der Waals surface area contributed by atoms with Gasteiger partial charge in [-0.15, -0.1) is 0 Å². The van der Waals surface area contributed by atoms with E-state index >= 15 is 0 Å². The minimum absolute atomic E-state index is 0.287. The molecule has 0 aromatic heterocycles. The molecule has 0 radical (unpaired) electrons. The summed E-state index contributed by atoms with van der Waals surface area (Å²) in [5.41, 5.74) is 0. The quantitative estimate of drug-likeness (QED) is 0.494. The van der Waals surface area contributed by atoms with Gasteiger partial charge in [0.2, 0.25) is 0 Å². The fourth-order valence-electron chi connectivity index (χ4n) is 1.79. The second-order valence-corrected chi connectivity index (χ2v) is 4.19. The van der Waals surface area contributed by atoms with Crippen LogP contribution in [0.2, 0.25) is 0 Å². The maximum absolute atomic E-state index is 13.8. The lowest BCUT2D eigenvalue weighted by molar-refractivity contribution is -0.208. The zero-order valence-electron chi connectivity index (χ0n) is 10.5. The lowest BCUT2D eigenvalue weighted by atomic mass is 9.85. The summed E-state index contributed by atoms with van der Waals surface area (Å²) in [7, 11) is 1.55. The van der Waals surface area contributed by atoms with Gasteiger partial charge >= 0.3 is 11.9 Å². The summed E-state index contributed by atoms with van der Waals surface area (Å²) < 4.78 is 28.5. The minimum Gasteiger partial charge on any atom is -0.463 e. The van der Waals surface area contributed by atoms with Gasteiger partial charge in [-0.05, 0) is 0 Å². The van der Waals surface area contributed by atoms with E-state index in [1.807, 2.05) is 0 Å². The van der Waals surface area contributed by atoms with Crippen LogP contribution in [0.4, 0.5) is 4.39 Å². The molecule has 1 saturated heterocycles. The van der Waals surface area contributed by atoms with Gasteiger partial charge in [0.1, 0.15) is 32.8 Å². The number of ether oxygens (including phenoxy) is 3. The minimum atomic E-state index is -1.79. The third-order valence-electron chi connectivity index (χ3n) is 2.62. The summed E-state index contributed by atoms with van der Waals surface area (Å²) in [4.78, 5) is 21.5. The van der Waals surface area contributed by atoms with Crippen molar-refractivity contribution in [2.75, 3.05) is 6.61 Å². The van der Waals surface area contributed by atoms with Gasteiger partial charge in [0.25, 0.3) is 0 Å². The van der Waals surface area contributed by atoms with E-state index < -0.39 is 42.4 Å². The van der Waals surface area contributed by atoms with Crippen LogP contribution in [-0.4, -0.2) is 62.0 Å². The predicted octanol–water partition coefficient (Wildman–Crippen LogP) is -1.46. The fraction of sp³-hybridized carbons (Fsp3) is 0.800. The number of alkyl halides is 1. The van der Waals surface area contributed by atoms with Crippen LogP contribution in [0.15, 0.2) is 0 Å². The van der Waals surface area contributed by atoms with Crippen molar-refractivity contribution in [1.29, 1.82) is 0 Å². The summed E-state index contributed by atoms with van der Waals surface area (Å²) in [5.74, 6) is -1.19. The van der Waals surface area contributed by atoms with E-state index in [0.29, 0.717) is 0 Å². The summed E-state index contributed by atoms with van der Waals surface area (Å²) in [6.07, 6.45) is -5.42. The molecule has 1 rings (SSSR count). The average Bonchev–Trinajstić information content (AvgIpc) is 2.27. The van der Waals surface area contributed by atoms with Crippen molar-refractivity contribution in [3.05, 3.63) is 0 Å². The highest BCUT2D eigenvalue weighted by Crippen LogP contribution is 2.24. The molecule has 102 valence electrons. The molecular formula is C10H16BFO6. The zero-order valence-corrected chi connectivity index (χ0v) is 10.5. The summed E-state index contributed by atoms with van der Waals surface area (Å²) >= 11 is 0. The molecule has 1 fully saturated rings. The van der Waals surface area contributed by atoms with Crippen molar-refractivity contribution in [3.63, 3.8) is 0 Å². The maximum atomic E-state index is 13.8. The highest BCUT2D eigenvalue weighted by molar-refractivity contribution is 6.11. The van der Waals surface area contributed by atoms with Crippen molar-refractivity contribution >= 4 is 19.8 Å². The van der Waals surface area contributed by atoms with Crippen LogP contribution in [0.5, 0.6) is 0 Å². The third kappa shape index (κ3) is 3.68. The molecule has 18 heavy (non-hydrogen) atoms. The van der Waals surface area contributed by atoms with E-state index in [1.54, 1.807) is 7.85 Å².